The van der Waals surface area contributed by atoms with Gasteiger partial charge in [0, 0.05) is 16.9 Å². The van der Waals surface area contributed by atoms with Crippen molar-refractivity contribution in [3.8, 4) is 0 Å². The first-order chi connectivity index (χ1) is 14.0. The van der Waals surface area contributed by atoms with Crippen LogP contribution >= 0.6 is 0 Å². The van der Waals surface area contributed by atoms with E-state index in [1.54, 1.807) is 0 Å². The van der Waals surface area contributed by atoms with Gasteiger partial charge in [0.05, 0.1) is 5.56 Å². The van der Waals surface area contributed by atoms with Gasteiger partial charge < -0.3 is 9.84 Å². The van der Waals surface area contributed by atoms with Crippen LogP contribution in [0, 0.1) is 13.8 Å². The van der Waals surface area contributed by atoms with E-state index in [1.807, 2.05) is 0 Å². The number of anilines is 2. The molecule has 30 heavy (non-hydrogen) atoms. The zero-order chi connectivity index (χ0) is 22.1. The van der Waals surface area contributed by atoms with E-state index in [4.69, 9.17) is 4.52 Å². The van der Waals surface area contributed by atoms with E-state index in [-0.39, 0.29) is 33.3 Å². The molecule has 0 saturated heterocycles. The van der Waals surface area contributed by atoms with Gasteiger partial charge >= 0.3 is 6.18 Å². The number of carbonyl (C=O) groups is 1. The molecule has 2 aromatic carbocycles. The molecule has 0 saturated carbocycles. The van der Waals surface area contributed by atoms with Gasteiger partial charge in [0.2, 0.25) is 0 Å². The van der Waals surface area contributed by atoms with E-state index in [1.165, 1.54) is 38.1 Å². The number of sulfonamides is 1. The molecular formula is C19H16F3N3O4S. The number of alkyl halides is 3. The van der Waals surface area contributed by atoms with E-state index in [0.717, 1.165) is 24.3 Å². The molecule has 0 atom stereocenters. The van der Waals surface area contributed by atoms with Gasteiger partial charge in [-0.25, -0.2) is 8.42 Å². The molecule has 1 aromatic heterocycles. The third kappa shape index (κ3) is 4.62. The largest absolute Gasteiger partial charge is 0.416 e. The fourth-order valence-electron chi connectivity index (χ4n) is 2.70. The zero-order valence-electron chi connectivity index (χ0n) is 15.7. The molecule has 11 heteroatoms. The Hall–Kier alpha value is -3.34. The fourth-order valence-corrected chi connectivity index (χ4v) is 4.09. The van der Waals surface area contributed by atoms with Crippen molar-refractivity contribution in [2.45, 2.75) is 24.9 Å². The molecule has 1 heterocycles. The van der Waals surface area contributed by atoms with Crippen LogP contribution in [0.2, 0.25) is 0 Å². The number of halogens is 3. The van der Waals surface area contributed by atoms with Crippen molar-refractivity contribution in [1.82, 2.24) is 5.16 Å². The first kappa shape index (κ1) is 21.4. The zero-order valence-corrected chi connectivity index (χ0v) is 16.6. The Bertz CT molecular complexity index is 1150. The summed E-state index contributed by atoms with van der Waals surface area (Å²) in [6.45, 7) is 2.98. The lowest BCUT2D eigenvalue weighted by Gasteiger charge is -2.10. The van der Waals surface area contributed by atoms with Crippen molar-refractivity contribution < 1.29 is 30.9 Å². The molecular weight excluding hydrogens is 423 g/mol. The lowest BCUT2D eigenvalue weighted by Crippen LogP contribution is -2.15. The molecule has 0 aliphatic carbocycles. The third-order valence-corrected chi connectivity index (χ3v) is 5.73. The lowest BCUT2D eigenvalue weighted by molar-refractivity contribution is -0.137. The molecule has 0 aliphatic rings. The van der Waals surface area contributed by atoms with Crippen LogP contribution in [0.1, 0.15) is 27.4 Å². The monoisotopic (exact) mass is 439 g/mol. The molecule has 0 aliphatic heterocycles. The quantitative estimate of drug-likeness (QED) is 0.615. The molecule has 0 spiro atoms. The average Bonchev–Trinajstić information content (AvgIpc) is 3.01. The highest BCUT2D eigenvalue weighted by atomic mass is 32.2. The number of hydrogen-bond donors (Lipinski definition) is 2. The summed E-state index contributed by atoms with van der Waals surface area (Å²) < 4.78 is 70.0. The standard InChI is InChI=1S/C19H16F3N3O4S/c1-11-17(12(2)29-24-11)30(27,28)25-16-7-3-13(4-8-16)18(26)23-15-9-5-14(6-10-15)19(20,21)22/h3-10,25H,1-2H3,(H,23,26). The number of amides is 1. The number of aromatic nitrogens is 1. The minimum absolute atomic E-state index is 0.0633. The predicted molar refractivity (Wildman–Crippen MR) is 103 cm³/mol. The summed E-state index contributed by atoms with van der Waals surface area (Å²) in [5.41, 5.74) is -0.0181. The lowest BCUT2D eigenvalue weighted by atomic mass is 10.1. The van der Waals surface area contributed by atoms with Gasteiger partial charge in [-0.15, -0.1) is 0 Å². The summed E-state index contributed by atoms with van der Waals surface area (Å²) >= 11 is 0. The van der Waals surface area contributed by atoms with Crippen molar-refractivity contribution in [3.63, 3.8) is 0 Å². The van der Waals surface area contributed by atoms with Crippen LogP contribution in [0.25, 0.3) is 0 Å². The minimum atomic E-state index is -4.46. The number of aryl methyl sites for hydroxylation is 2. The normalized spacial score (nSPS) is 11.9. The van der Waals surface area contributed by atoms with Gasteiger partial charge in [-0.05, 0) is 62.4 Å². The van der Waals surface area contributed by atoms with Crippen molar-refractivity contribution >= 4 is 27.3 Å². The van der Waals surface area contributed by atoms with Gasteiger partial charge in [-0.3, -0.25) is 9.52 Å². The third-order valence-electron chi connectivity index (χ3n) is 4.11. The van der Waals surface area contributed by atoms with E-state index < -0.39 is 27.7 Å². The average molecular weight is 439 g/mol. The molecule has 158 valence electrons. The number of nitrogens with one attached hydrogen (secondary N) is 2. The summed E-state index contributed by atoms with van der Waals surface area (Å²) in [6.07, 6.45) is -4.46. The molecule has 0 bridgehead atoms. The number of nitrogens with zero attached hydrogens (tertiary/aromatic N) is 1. The van der Waals surface area contributed by atoms with Gasteiger partial charge in [0.1, 0.15) is 5.69 Å². The molecule has 2 N–H and O–H groups in total. The Morgan fingerprint density at radius 3 is 2.03 bits per heavy atom. The van der Waals surface area contributed by atoms with Crippen molar-refractivity contribution in [2.24, 2.45) is 0 Å². The van der Waals surface area contributed by atoms with E-state index >= 15 is 0 Å². The number of benzene rings is 2. The maximum atomic E-state index is 12.6. The molecule has 1 amide bonds. The molecule has 0 radical (unpaired) electrons. The van der Waals surface area contributed by atoms with Crippen molar-refractivity contribution in [3.05, 3.63) is 71.1 Å². The van der Waals surface area contributed by atoms with Gasteiger partial charge in [0.15, 0.2) is 10.7 Å². The van der Waals surface area contributed by atoms with E-state index in [2.05, 4.69) is 15.2 Å². The molecule has 3 rings (SSSR count). The first-order valence-electron chi connectivity index (χ1n) is 8.52. The van der Waals surface area contributed by atoms with Crippen LogP contribution in [0.5, 0.6) is 0 Å². The Labute approximate surface area is 169 Å². The number of hydrogen-bond acceptors (Lipinski definition) is 5. The highest BCUT2D eigenvalue weighted by Crippen LogP contribution is 2.30. The van der Waals surface area contributed by atoms with Crippen LogP contribution in [0.15, 0.2) is 57.9 Å². The van der Waals surface area contributed by atoms with Crippen LogP contribution < -0.4 is 10.0 Å². The minimum Gasteiger partial charge on any atom is -0.360 e. The maximum Gasteiger partial charge on any atom is 0.416 e. The Kier molecular flexibility index (Phi) is 5.57. The topological polar surface area (TPSA) is 101 Å². The smallest absolute Gasteiger partial charge is 0.360 e. The second kappa shape index (κ2) is 7.82. The van der Waals surface area contributed by atoms with Crippen LogP contribution in [-0.4, -0.2) is 19.5 Å². The van der Waals surface area contributed by atoms with Crippen LogP contribution in [0.4, 0.5) is 24.5 Å². The summed E-state index contributed by atoms with van der Waals surface area (Å²) in [5.74, 6) is -0.414. The first-order valence-corrected chi connectivity index (χ1v) is 10.00. The summed E-state index contributed by atoms with van der Waals surface area (Å²) in [7, 11) is -3.93. The summed E-state index contributed by atoms with van der Waals surface area (Å²) in [6, 6.07) is 9.55. The number of carbonyl (C=O) groups excluding carboxylic acids is 1. The van der Waals surface area contributed by atoms with E-state index in [9.17, 15) is 26.4 Å². The van der Waals surface area contributed by atoms with Crippen molar-refractivity contribution in [1.29, 1.82) is 0 Å². The van der Waals surface area contributed by atoms with E-state index in [0.29, 0.717) is 0 Å². The molecule has 0 fully saturated rings. The highest BCUT2D eigenvalue weighted by molar-refractivity contribution is 7.92. The Morgan fingerprint density at radius 2 is 1.53 bits per heavy atom. The Morgan fingerprint density at radius 1 is 0.967 bits per heavy atom. The number of rotatable bonds is 5. The summed E-state index contributed by atoms with van der Waals surface area (Å²) in [4.78, 5) is 12.2. The van der Waals surface area contributed by atoms with Gasteiger partial charge in [-0.2, -0.15) is 13.2 Å². The highest BCUT2D eigenvalue weighted by Gasteiger charge is 2.30. The Balaban J connectivity index is 1.70. The van der Waals surface area contributed by atoms with Crippen molar-refractivity contribution in [2.75, 3.05) is 10.0 Å². The van der Waals surface area contributed by atoms with Gasteiger partial charge in [0.25, 0.3) is 15.9 Å². The second-order valence-corrected chi connectivity index (χ2v) is 7.98. The second-order valence-electron chi connectivity index (χ2n) is 6.37. The van der Waals surface area contributed by atoms with Crippen LogP contribution in [-0.2, 0) is 16.2 Å². The van der Waals surface area contributed by atoms with Crippen LogP contribution in [0.3, 0.4) is 0 Å². The maximum absolute atomic E-state index is 12.6. The predicted octanol–water partition coefficient (Wildman–Crippen LogP) is 4.36. The summed E-state index contributed by atoms with van der Waals surface area (Å²) in [5, 5.41) is 6.09. The fraction of sp³-hybridized carbons (Fsp3) is 0.158. The molecule has 3 aromatic rings. The van der Waals surface area contributed by atoms with Gasteiger partial charge in [-0.1, -0.05) is 5.16 Å². The SMILES string of the molecule is Cc1noc(C)c1S(=O)(=O)Nc1ccc(C(=O)Nc2ccc(C(F)(F)F)cc2)cc1. The molecule has 7 nitrogen and oxygen atoms in total. The molecule has 0 unspecified atom stereocenters.